The zero-order chi connectivity index (χ0) is 7.40. The molecular formula is C11H20. The minimum absolute atomic E-state index is 0. The molecule has 0 aromatic heterocycles. The van der Waals surface area contributed by atoms with Crippen LogP contribution in [0.25, 0.3) is 0 Å². The second-order valence-electron chi connectivity index (χ2n) is 2.74. The van der Waals surface area contributed by atoms with Crippen LogP contribution in [0.5, 0.6) is 0 Å². The van der Waals surface area contributed by atoms with Gasteiger partial charge in [0.15, 0.2) is 0 Å². The van der Waals surface area contributed by atoms with Crippen molar-refractivity contribution < 1.29 is 0 Å². The first-order chi connectivity index (χ1) is 4.88. The summed E-state index contributed by atoms with van der Waals surface area (Å²) in [6.45, 7) is 4.47. The first kappa shape index (κ1) is 10.5. The number of rotatable bonds is 2. The number of hydrogen-bond donors (Lipinski definition) is 0. The Morgan fingerprint density at radius 2 is 1.36 bits per heavy atom. The van der Waals surface area contributed by atoms with Gasteiger partial charge in [-0.25, -0.2) is 0 Å². The van der Waals surface area contributed by atoms with Crippen molar-refractivity contribution in [3.8, 4) is 0 Å². The smallest absolute Gasteiger partial charge is 0.0308 e. The molecule has 1 rings (SSSR count). The second-order valence-corrected chi connectivity index (χ2v) is 2.74. The molecule has 0 saturated heterocycles. The van der Waals surface area contributed by atoms with E-state index in [1.54, 1.807) is 11.1 Å². The number of allylic oxidation sites excluding steroid dienone is 4. The van der Waals surface area contributed by atoms with E-state index in [9.17, 15) is 0 Å². The van der Waals surface area contributed by atoms with E-state index in [-0.39, 0.29) is 7.43 Å². The summed E-state index contributed by atoms with van der Waals surface area (Å²) in [5.41, 5.74) is 3.16. The van der Waals surface area contributed by atoms with Crippen molar-refractivity contribution in [2.24, 2.45) is 0 Å². The van der Waals surface area contributed by atoms with Crippen molar-refractivity contribution >= 4 is 0 Å². The van der Waals surface area contributed by atoms with Gasteiger partial charge in [0.1, 0.15) is 0 Å². The SMILES string of the molecule is C.CCC1=CCCC=C1CC. The Labute approximate surface area is 71.0 Å². The summed E-state index contributed by atoms with van der Waals surface area (Å²) >= 11 is 0. The molecule has 0 bridgehead atoms. The summed E-state index contributed by atoms with van der Waals surface area (Å²) in [7, 11) is 0. The van der Waals surface area contributed by atoms with E-state index in [0.29, 0.717) is 0 Å². The Bertz CT molecular complexity index is 141. The summed E-state index contributed by atoms with van der Waals surface area (Å²) in [4.78, 5) is 0. The van der Waals surface area contributed by atoms with Crippen LogP contribution in [0.3, 0.4) is 0 Å². The highest BCUT2D eigenvalue weighted by atomic mass is 14.1. The summed E-state index contributed by atoms with van der Waals surface area (Å²) in [6.07, 6.45) is 9.70. The van der Waals surface area contributed by atoms with Crippen molar-refractivity contribution in [1.82, 2.24) is 0 Å². The van der Waals surface area contributed by atoms with Gasteiger partial charge in [0.2, 0.25) is 0 Å². The van der Waals surface area contributed by atoms with Gasteiger partial charge in [-0.15, -0.1) is 0 Å². The lowest BCUT2D eigenvalue weighted by Gasteiger charge is -2.12. The fraction of sp³-hybridized carbons (Fsp3) is 0.636. The molecule has 0 atom stereocenters. The van der Waals surface area contributed by atoms with Crippen LogP contribution in [0.15, 0.2) is 23.3 Å². The van der Waals surface area contributed by atoms with Crippen LogP contribution in [0.4, 0.5) is 0 Å². The minimum Gasteiger partial charge on any atom is -0.0808 e. The molecule has 0 saturated carbocycles. The predicted molar refractivity (Wildman–Crippen MR) is 52.7 cm³/mol. The van der Waals surface area contributed by atoms with Crippen LogP contribution in [-0.4, -0.2) is 0 Å². The molecular weight excluding hydrogens is 132 g/mol. The third-order valence-electron chi connectivity index (χ3n) is 2.12. The Kier molecular flexibility index (Phi) is 4.93. The molecule has 0 fully saturated rings. The summed E-state index contributed by atoms with van der Waals surface area (Å²) in [5.74, 6) is 0. The van der Waals surface area contributed by atoms with E-state index in [1.807, 2.05) is 0 Å². The Balaban J connectivity index is 0.000001000. The topological polar surface area (TPSA) is 0 Å². The van der Waals surface area contributed by atoms with Crippen molar-refractivity contribution in [3.63, 3.8) is 0 Å². The first-order valence-electron chi connectivity index (χ1n) is 4.27. The van der Waals surface area contributed by atoms with Gasteiger partial charge in [-0.05, 0) is 36.8 Å². The molecule has 0 heterocycles. The highest BCUT2D eigenvalue weighted by Crippen LogP contribution is 2.23. The molecule has 0 spiro atoms. The molecule has 1 aliphatic carbocycles. The summed E-state index contributed by atoms with van der Waals surface area (Å²) < 4.78 is 0. The lowest BCUT2D eigenvalue weighted by atomic mass is 9.94. The second kappa shape index (κ2) is 5.17. The van der Waals surface area contributed by atoms with Gasteiger partial charge in [-0.1, -0.05) is 33.4 Å². The zero-order valence-corrected chi connectivity index (χ0v) is 6.98. The Morgan fingerprint density at radius 3 is 1.64 bits per heavy atom. The van der Waals surface area contributed by atoms with Crippen LogP contribution >= 0.6 is 0 Å². The Hall–Kier alpha value is -0.520. The van der Waals surface area contributed by atoms with Crippen LogP contribution in [0.2, 0.25) is 0 Å². The summed E-state index contributed by atoms with van der Waals surface area (Å²) in [5, 5.41) is 0. The molecule has 1 aliphatic rings. The molecule has 0 amide bonds. The lowest BCUT2D eigenvalue weighted by molar-refractivity contribution is 0.915. The van der Waals surface area contributed by atoms with E-state index in [2.05, 4.69) is 26.0 Å². The predicted octanol–water partition coefficient (Wildman–Crippen LogP) is 4.09. The van der Waals surface area contributed by atoms with Gasteiger partial charge < -0.3 is 0 Å². The van der Waals surface area contributed by atoms with E-state index in [1.165, 1.54) is 25.7 Å². The molecule has 0 N–H and O–H groups in total. The van der Waals surface area contributed by atoms with E-state index in [4.69, 9.17) is 0 Å². The maximum absolute atomic E-state index is 2.39. The monoisotopic (exact) mass is 152 g/mol. The third-order valence-corrected chi connectivity index (χ3v) is 2.12. The van der Waals surface area contributed by atoms with Gasteiger partial charge >= 0.3 is 0 Å². The first-order valence-corrected chi connectivity index (χ1v) is 4.27. The zero-order valence-electron chi connectivity index (χ0n) is 6.98. The van der Waals surface area contributed by atoms with Gasteiger partial charge in [-0.2, -0.15) is 0 Å². The molecule has 0 aromatic rings. The van der Waals surface area contributed by atoms with Gasteiger partial charge in [0, 0.05) is 0 Å². The van der Waals surface area contributed by atoms with E-state index in [0.717, 1.165) is 0 Å². The fourth-order valence-corrected chi connectivity index (χ4v) is 1.52. The lowest BCUT2D eigenvalue weighted by Crippen LogP contribution is -1.92. The molecule has 0 unspecified atom stereocenters. The van der Waals surface area contributed by atoms with E-state index >= 15 is 0 Å². The van der Waals surface area contributed by atoms with Crippen molar-refractivity contribution in [3.05, 3.63) is 23.3 Å². The average molecular weight is 152 g/mol. The van der Waals surface area contributed by atoms with Gasteiger partial charge in [0.05, 0.1) is 0 Å². The quantitative estimate of drug-likeness (QED) is 0.559. The molecule has 0 heteroatoms. The normalized spacial score (nSPS) is 16.5. The third kappa shape index (κ3) is 2.53. The maximum Gasteiger partial charge on any atom is -0.0308 e. The molecule has 64 valence electrons. The van der Waals surface area contributed by atoms with Crippen LogP contribution in [0, 0.1) is 0 Å². The van der Waals surface area contributed by atoms with Crippen molar-refractivity contribution in [1.29, 1.82) is 0 Å². The van der Waals surface area contributed by atoms with Crippen LogP contribution in [-0.2, 0) is 0 Å². The van der Waals surface area contributed by atoms with Gasteiger partial charge in [0.25, 0.3) is 0 Å². The highest BCUT2D eigenvalue weighted by Gasteiger charge is 2.03. The average Bonchev–Trinajstić information content (AvgIpc) is 2.04. The molecule has 0 nitrogen and oxygen atoms in total. The van der Waals surface area contributed by atoms with E-state index < -0.39 is 0 Å². The summed E-state index contributed by atoms with van der Waals surface area (Å²) in [6, 6.07) is 0. The van der Waals surface area contributed by atoms with Crippen molar-refractivity contribution in [2.45, 2.75) is 47.0 Å². The Morgan fingerprint density at radius 1 is 1.00 bits per heavy atom. The molecule has 0 aliphatic heterocycles. The van der Waals surface area contributed by atoms with Crippen LogP contribution < -0.4 is 0 Å². The molecule has 0 aromatic carbocycles. The standard InChI is InChI=1S/C10H16.CH4/c1-3-9-7-5-6-8-10(9)4-2;/h7-8H,3-6H2,1-2H3;1H4. The molecule has 11 heavy (non-hydrogen) atoms. The fourth-order valence-electron chi connectivity index (χ4n) is 1.52. The van der Waals surface area contributed by atoms with Crippen LogP contribution in [0.1, 0.15) is 47.0 Å². The minimum atomic E-state index is 0. The van der Waals surface area contributed by atoms with Crippen molar-refractivity contribution in [2.75, 3.05) is 0 Å². The maximum atomic E-state index is 2.39. The number of hydrogen-bond acceptors (Lipinski definition) is 0. The largest absolute Gasteiger partial charge is 0.0808 e. The molecule has 0 radical (unpaired) electrons. The van der Waals surface area contributed by atoms with Gasteiger partial charge in [-0.3, -0.25) is 0 Å². The highest BCUT2D eigenvalue weighted by molar-refractivity contribution is 5.32.